The summed E-state index contributed by atoms with van der Waals surface area (Å²) in [6.07, 6.45) is 0.101. The van der Waals surface area contributed by atoms with Crippen LogP contribution in [-0.4, -0.2) is 38.4 Å². The van der Waals surface area contributed by atoms with E-state index in [1.54, 1.807) is 29.9 Å². The smallest absolute Gasteiger partial charge is 0.422 e. The standard InChI is InChI=1S/C17H16F3N5O2/c1-9-5-11(6-23-16(9)27-8-17(18,19)20)10(2)25-7-12-13(24-25)3-4-22-14(12)15(21)26/h3-7,10H,8H2,1-2H3,(H2,21,26). The largest absolute Gasteiger partial charge is 0.468 e. The average Bonchev–Trinajstić information content (AvgIpc) is 3.03. The maximum atomic E-state index is 12.3. The Kier molecular flexibility index (Phi) is 4.73. The van der Waals surface area contributed by atoms with Crippen LogP contribution in [0.2, 0.25) is 0 Å². The van der Waals surface area contributed by atoms with E-state index in [1.807, 2.05) is 6.92 Å². The van der Waals surface area contributed by atoms with Crippen LogP contribution < -0.4 is 10.5 Å². The average molecular weight is 379 g/mol. The lowest BCUT2D eigenvalue weighted by molar-refractivity contribution is -0.154. The Morgan fingerprint density at radius 2 is 2.11 bits per heavy atom. The number of aryl methyl sites for hydroxylation is 1. The molecule has 0 saturated heterocycles. The van der Waals surface area contributed by atoms with Gasteiger partial charge >= 0.3 is 6.18 Å². The molecule has 0 spiro atoms. The van der Waals surface area contributed by atoms with Crippen molar-refractivity contribution in [3.8, 4) is 5.88 Å². The number of ether oxygens (including phenoxy) is 1. The molecule has 0 bridgehead atoms. The summed E-state index contributed by atoms with van der Waals surface area (Å²) >= 11 is 0. The quantitative estimate of drug-likeness (QED) is 0.735. The molecule has 0 radical (unpaired) electrons. The maximum Gasteiger partial charge on any atom is 0.422 e. The first kappa shape index (κ1) is 18.6. The van der Waals surface area contributed by atoms with Crippen molar-refractivity contribution < 1.29 is 22.7 Å². The first-order valence-corrected chi connectivity index (χ1v) is 7.95. The molecule has 0 aromatic carbocycles. The van der Waals surface area contributed by atoms with Gasteiger partial charge in [0.15, 0.2) is 6.61 Å². The minimum absolute atomic E-state index is 0.0749. The normalized spacial score (nSPS) is 12.9. The topological polar surface area (TPSA) is 95.9 Å². The molecule has 2 N–H and O–H groups in total. The molecular formula is C17H16F3N5O2. The first-order chi connectivity index (χ1) is 12.7. The lowest BCUT2D eigenvalue weighted by Crippen LogP contribution is -2.20. The van der Waals surface area contributed by atoms with Gasteiger partial charge < -0.3 is 10.5 Å². The van der Waals surface area contributed by atoms with Crippen molar-refractivity contribution in [2.45, 2.75) is 26.1 Å². The number of amides is 1. The predicted octanol–water partition coefficient (Wildman–Crippen LogP) is 2.78. The molecule has 3 aromatic rings. The summed E-state index contributed by atoms with van der Waals surface area (Å²) in [5, 5.41) is 4.93. The van der Waals surface area contributed by atoms with Crippen LogP contribution in [0.15, 0.2) is 30.7 Å². The molecule has 1 unspecified atom stereocenters. The van der Waals surface area contributed by atoms with Gasteiger partial charge in [-0.05, 0) is 31.5 Å². The molecule has 1 amide bonds. The van der Waals surface area contributed by atoms with Crippen LogP contribution in [0.4, 0.5) is 13.2 Å². The number of carbonyl (C=O) groups excluding carboxylic acids is 1. The van der Waals surface area contributed by atoms with Gasteiger partial charge in [0.2, 0.25) is 5.88 Å². The van der Waals surface area contributed by atoms with E-state index < -0.39 is 18.7 Å². The van der Waals surface area contributed by atoms with Crippen molar-refractivity contribution in [3.05, 3.63) is 47.5 Å². The zero-order valence-corrected chi connectivity index (χ0v) is 14.5. The van der Waals surface area contributed by atoms with Gasteiger partial charge in [0.05, 0.1) is 16.9 Å². The summed E-state index contributed by atoms with van der Waals surface area (Å²) in [6.45, 7) is 2.06. The number of hydrogen-bond donors (Lipinski definition) is 1. The molecule has 3 aromatic heterocycles. The molecule has 27 heavy (non-hydrogen) atoms. The Morgan fingerprint density at radius 3 is 2.74 bits per heavy atom. The Labute approximate surface area is 152 Å². The van der Waals surface area contributed by atoms with E-state index in [-0.39, 0.29) is 17.6 Å². The monoisotopic (exact) mass is 379 g/mol. The maximum absolute atomic E-state index is 12.3. The highest BCUT2D eigenvalue weighted by Crippen LogP contribution is 2.26. The number of pyridine rings is 2. The van der Waals surface area contributed by atoms with Gasteiger partial charge in [0, 0.05) is 24.2 Å². The molecule has 3 rings (SSSR count). The Bertz CT molecular complexity index is 1000. The molecule has 0 aliphatic heterocycles. The molecule has 142 valence electrons. The second-order valence-electron chi connectivity index (χ2n) is 6.04. The number of carbonyl (C=O) groups is 1. The zero-order chi connectivity index (χ0) is 19.8. The first-order valence-electron chi connectivity index (χ1n) is 7.95. The number of fused-ring (bicyclic) bond motifs is 1. The van der Waals surface area contributed by atoms with Crippen molar-refractivity contribution in [2.75, 3.05) is 6.61 Å². The van der Waals surface area contributed by atoms with Crippen LogP contribution in [0.25, 0.3) is 10.9 Å². The molecule has 0 aliphatic rings. The van der Waals surface area contributed by atoms with Crippen molar-refractivity contribution in [1.82, 2.24) is 19.7 Å². The molecule has 0 saturated carbocycles. The fraction of sp³-hybridized carbons (Fsp3) is 0.294. The number of aromatic nitrogens is 4. The third kappa shape index (κ3) is 3.99. The lowest BCUT2D eigenvalue weighted by Gasteiger charge is -2.15. The number of hydrogen-bond acceptors (Lipinski definition) is 5. The van der Waals surface area contributed by atoms with Crippen LogP contribution in [-0.2, 0) is 0 Å². The van der Waals surface area contributed by atoms with Crippen LogP contribution in [0.5, 0.6) is 5.88 Å². The number of nitrogens with two attached hydrogens (primary N) is 1. The summed E-state index contributed by atoms with van der Waals surface area (Å²) in [6, 6.07) is 3.05. The van der Waals surface area contributed by atoms with Crippen LogP contribution >= 0.6 is 0 Å². The Hall–Kier alpha value is -3.17. The summed E-state index contributed by atoms with van der Waals surface area (Å²) < 4.78 is 43.2. The van der Waals surface area contributed by atoms with E-state index in [4.69, 9.17) is 10.5 Å². The Balaban J connectivity index is 1.89. The molecule has 0 aliphatic carbocycles. The van der Waals surface area contributed by atoms with E-state index in [1.165, 1.54) is 12.4 Å². The molecule has 7 nitrogen and oxygen atoms in total. The number of nitrogens with zero attached hydrogens (tertiary/aromatic N) is 4. The Morgan fingerprint density at radius 1 is 1.37 bits per heavy atom. The second kappa shape index (κ2) is 6.86. The van der Waals surface area contributed by atoms with Crippen LogP contribution in [0, 0.1) is 6.92 Å². The summed E-state index contributed by atoms with van der Waals surface area (Å²) in [5.74, 6) is -0.731. The van der Waals surface area contributed by atoms with Gasteiger partial charge in [-0.1, -0.05) is 0 Å². The van der Waals surface area contributed by atoms with E-state index >= 15 is 0 Å². The van der Waals surface area contributed by atoms with Gasteiger partial charge in [-0.25, -0.2) is 4.98 Å². The van der Waals surface area contributed by atoms with Crippen molar-refractivity contribution in [1.29, 1.82) is 0 Å². The molecule has 10 heteroatoms. The van der Waals surface area contributed by atoms with E-state index in [0.29, 0.717) is 22.0 Å². The van der Waals surface area contributed by atoms with Gasteiger partial charge in [-0.2, -0.15) is 18.3 Å². The fourth-order valence-electron chi connectivity index (χ4n) is 2.62. The highest BCUT2D eigenvalue weighted by atomic mass is 19.4. The van der Waals surface area contributed by atoms with Crippen molar-refractivity contribution in [2.24, 2.45) is 5.73 Å². The summed E-state index contributed by atoms with van der Waals surface area (Å²) in [7, 11) is 0. The molecule has 3 heterocycles. The minimum Gasteiger partial charge on any atom is -0.468 e. The van der Waals surface area contributed by atoms with Gasteiger partial charge in [0.25, 0.3) is 5.91 Å². The number of halogens is 3. The third-order valence-electron chi connectivity index (χ3n) is 3.99. The molecule has 1 atom stereocenters. The highest BCUT2D eigenvalue weighted by molar-refractivity contribution is 6.03. The fourth-order valence-corrected chi connectivity index (χ4v) is 2.62. The number of alkyl halides is 3. The lowest BCUT2D eigenvalue weighted by atomic mass is 10.1. The van der Waals surface area contributed by atoms with E-state index in [2.05, 4.69) is 15.1 Å². The zero-order valence-electron chi connectivity index (χ0n) is 14.5. The second-order valence-corrected chi connectivity index (χ2v) is 6.04. The highest BCUT2D eigenvalue weighted by Gasteiger charge is 2.29. The summed E-state index contributed by atoms with van der Waals surface area (Å²) in [4.78, 5) is 19.4. The third-order valence-corrected chi connectivity index (χ3v) is 3.99. The SMILES string of the molecule is Cc1cc(C(C)n2cc3c(C(N)=O)nccc3n2)cnc1OCC(F)(F)F. The van der Waals surface area contributed by atoms with Gasteiger partial charge in [-0.3, -0.25) is 14.5 Å². The molecule has 0 fully saturated rings. The van der Waals surface area contributed by atoms with Gasteiger partial charge in [0.1, 0.15) is 5.69 Å². The predicted molar refractivity (Wildman–Crippen MR) is 90.4 cm³/mol. The van der Waals surface area contributed by atoms with Crippen LogP contribution in [0.3, 0.4) is 0 Å². The summed E-state index contributed by atoms with van der Waals surface area (Å²) in [5.41, 5.74) is 7.19. The number of rotatable bonds is 5. The molecular weight excluding hydrogens is 363 g/mol. The minimum atomic E-state index is -4.43. The van der Waals surface area contributed by atoms with E-state index in [0.717, 1.165) is 0 Å². The number of primary amides is 1. The van der Waals surface area contributed by atoms with Crippen molar-refractivity contribution >= 4 is 16.8 Å². The van der Waals surface area contributed by atoms with Gasteiger partial charge in [-0.15, -0.1) is 0 Å². The van der Waals surface area contributed by atoms with E-state index in [9.17, 15) is 18.0 Å². The van der Waals surface area contributed by atoms with Crippen LogP contribution in [0.1, 0.15) is 34.6 Å². The van der Waals surface area contributed by atoms with Crippen molar-refractivity contribution in [3.63, 3.8) is 0 Å².